The van der Waals surface area contributed by atoms with E-state index in [1.807, 2.05) is 53.7 Å². The third-order valence-corrected chi connectivity index (χ3v) is 9.38. The minimum absolute atomic E-state index is 0.0525. The molecule has 0 amide bonds. The number of nitrogens with zero attached hydrogens (tertiary/aromatic N) is 2. The molecule has 1 fully saturated rings. The summed E-state index contributed by atoms with van der Waals surface area (Å²) in [5.41, 5.74) is 5.11. The highest BCUT2D eigenvalue weighted by atomic mass is 19.1. The van der Waals surface area contributed by atoms with Crippen LogP contribution in [0.2, 0.25) is 0 Å². The molecule has 254 valence electrons. The average molecular weight is 649 g/mol. The number of pyridine rings is 1. The van der Waals surface area contributed by atoms with E-state index >= 15 is 8.78 Å². The second kappa shape index (κ2) is 15.5. The third kappa shape index (κ3) is 8.45. The second-order valence-electron chi connectivity index (χ2n) is 13.8. The molecule has 1 saturated heterocycles. The largest absolute Gasteiger partial charge is 0.466 e. The Bertz CT molecular complexity index is 1670. The van der Waals surface area contributed by atoms with E-state index in [2.05, 4.69) is 4.90 Å². The van der Waals surface area contributed by atoms with Crippen LogP contribution in [0.5, 0.6) is 0 Å². The van der Waals surface area contributed by atoms with Gasteiger partial charge in [-0.25, -0.2) is 8.78 Å². The van der Waals surface area contributed by atoms with Gasteiger partial charge in [0.05, 0.1) is 19.1 Å². The van der Waals surface area contributed by atoms with Crippen LogP contribution < -0.4 is 5.56 Å². The Kier molecular flexibility index (Phi) is 11.9. The number of aromatic nitrogens is 1. The summed E-state index contributed by atoms with van der Waals surface area (Å²) in [7, 11) is 0. The standard InChI is InChI=1S/C39H50F2N2O4/c1-9-47-35(46)21-30(37-38(40)28(8)18-31(39(37)41)36-26(6)16-24(4)17-27(36)7)20-33(44)32(15-23(2)3)43-22-29(25(5)19-34(43)45)11-14-42-12-10-13-42/h16-19,22-23,30,32H,9-15,20-21H2,1-8H3/t30-,32?/m0/s1. The van der Waals surface area contributed by atoms with Gasteiger partial charge in [0, 0.05) is 42.3 Å². The maximum absolute atomic E-state index is 16.7. The summed E-state index contributed by atoms with van der Waals surface area (Å²) in [6, 6.07) is 6.12. The van der Waals surface area contributed by atoms with Gasteiger partial charge < -0.3 is 14.2 Å². The molecule has 1 unspecified atom stereocenters. The van der Waals surface area contributed by atoms with Crippen molar-refractivity contribution in [3.8, 4) is 11.1 Å². The predicted molar refractivity (Wildman–Crippen MR) is 183 cm³/mol. The third-order valence-electron chi connectivity index (χ3n) is 9.38. The molecule has 1 aromatic heterocycles. The van der Waals surface area contributed by atoms with E-state index in [-0.39, 0.29) is 53.4 Å². The number of ketones is 1. The number of ether oxygens (including phenoxy) is 1. The first-order valence-corrected chi connectivity index (χ1v) is 16.9. The van der Waals surface area contributed by atoms with E-state index in [0.29, 0.717) is 12.0 Å². The second-order valence-corrected chi connectivity index (χ2v) is 13.8. The van der Waals surface area contributed by atoms with Gasteiger partial charge in [-0.3, -0.25) is 14.4 Å². The summed E-state index contributed by atoms with van der Waals surface area (Å²) < 4.78 is 39.5. The van der Waals surface area contributed by atoms with Crippen LogP contribution in [0.1, 0.15) is 97.4 Å². The number of rotatable bonds is 14. The molecule has 47 heavy (non-hydrogen) atoms. The van der Waals surface area contributed by atoms with Gasteiger partial charge in [-0.1, -0.05) is 31.5 Å². The number of aryl methyl sites for hydroxylation is 5. The Balaban J connectivity index is 1.80. The van der Waals surface area contributed by atoms with Crippen LogP contribution in [0.15, 0.2) is 35.3 Å². The van der Waals surface area contributed by atoms with Crippen molar-refractivity contribution >= 4 is 11.8 Å². The fraction of sp³-hybridized carbons (Fsp3) is 0.513. The summed E-state index contributed by atoms with van der Waals surface area (Å²) >= 11 is 0. The molecule has 2 heterocycles. The molecule has 2 aromatic carbocycles. The monoisotopic (exact) mass is 648 g/mol. The van der Waals surface area contributed by atoms with Crippen LogP contribution in [0.25, 0.3) is 11.1 Å². The van der Waals surface area contributed by atoms with Gasteiger partial charge >= 0.3 is 5.97 Å². The molecule has 0 spiro atoms. The van der Waals surface area contributed by atoms with Crippen molar-refractivity contribution in [1.29, 1.82) is 0 Å². The number of halogens is 2. The lowest BCUT2D eigenvalue weighted by Crippen LogP contribution is -2.38. The van der Waals surface area contributed by atoms with Gasteiger partial charge in [-0.2, -0.15) is 0 Å². The number of carbonyl (C=O) groups excluding carboxylic acids is 2. The van der Waals surface area contributed by atoms with Crippen molar-refractivity contribution in [3.63, 3.8) is 0 Å². The lowest BCUT2D eigenvalue weighted by atomic mass is 9.83. The molecule has 0 radical (unpaired) electrons. The highest BCUT2D eigenvalue weighted by Crippen LogP contribution is 2.39. The molecule has 0 saturated carbocycles. The van der Waals surface area contributed by atoms with Gasteiger partial charge in [0.1, 0.15) is 11.6 Å². The van der Waals surface area contributed by atoms with Crippen LogP contribution in [-0.2, 0) is 20.7 Å². The summed E-state index contributed by atoms with van der Waals surface area (Å²) in [5, 5.41) is 0. The van der Waals surface area contributed by atoms with Gasteiger partial charge in [0.15, 0.2) is 5.78 Å². The molecule has 6 nitrogen and oxygen atoms in total. The maximum Gasteiger partial charge on any atom is 0.306 e. The highest BCUT2D eigenvalue weighted by Gasteiger charge is 2.33. The molecule has 4 rings (SSSR count). The number of carbonyl (C=O) groups is 2. The number of Topliss-reactive ketones (excluding diaryl/α,β-unsaturated/α-hetero) is 1. The lowest BCUT2D eigenvalue weighted by Gasteiger charge is -2.31. The van der Waals surface area contributed by atoms with Crippen molar-refractivity contribution in [2.45, 2.75) is 99.5 Å². The van der Waals surface area contributed by atoms with E-state index in [9.17, 15) is 14.4 Å². The highest BCUT2D eigenvalue weighted by molar-refractivity contribution is 5.85. The number of esters is 1. The zero-order chi connectivity index (χ0) is 34.6. The molecule has 0 bridgehead atoms. The normalized spacial score (nSPS) is 14.6. The van der Waals surface area contributed by atoms with Gasteiger partial charge in [0.2, 0.25) is 0 Å². The van der Waals surface area contributed by atoms with Crippen LogP contribution in [-0.4, -0.2) is 47.5 Å². The fourth-order valence-corrected chi connectivity index (χ4v) is 6.94. The first kappa shape index (κ1) is 36.2. The quantitative estimate of drug-likeness (QED) is 0.167. The summed E-state index contributed by atoms with van der Waals surface area (Å²) in [6.45, 7) is 17.9. The number of hydrogen-bond donors (Lipinski definition) is 0. The van der Waals surface area contributed by atoms with Crippen molar-refractivity contribution in [2.75, 3.05) is 26.2 Å². The average Bonchev–Trinajstić information content (AvgIpc) is 2.94. The first-order valence-electron chi connectivity index (χ1n) is 16.9. The van der Waals surface area contributed by atoms with Crippen molar-refractivity contribution in [1.82, 2.24) is 9.47 Å². The molecule has 8 heteroatoms. The summed E-state index contributed by atoms with van der Waals surface area (Å²) in [6.07, 6.45) is 3.39. The molecule has 0 N–H and O–H groups in total. The van der Waals surface area contributed by atoms with Crippen LogP contribution in [0, 0.1) is 52.2 Å². The number of likely N-dealkylation sites (tertiary alicyclic amines) is 1. The fourth-order valence-electron chi connectivity index (χ4n) is 6.94. The molecule has 3 aromatic rings. The Morgan fingerprint density at radius 1 is 0.894 bits per heavy atom. The van der Waals surface area contributed by atoms with Gasteiger partial charge in [-0.15, -0.1) is 0 Å². The smallest absolute Gasteiger partial charge is 0.306 e. The van der Waals surface area contributed by atoms with Crippen molar-refractivity contribution in [3.05, 3.63) is 91.4 Å². The number of hydrogen-bond acceptors (Lipinski definition) is 5. The van der Waals surface area contributed by atoms with Gasteiger partial charge in [-0.05, 0) is 119 Å². The Morgan fingerprint density at radius 2 is 1.55 bits per heavy atom. The molecule has 1 aliphatic rings. The van der Waals surface area contributed by atoms with E-state index in [0.717, 1.165) is 53.9 Å². The molecule has 0 aliphatic carbocycles. The molecular weight excluding hydrogens is 598 g/mol. The Labute approximate surface area is 278 Å². The van der Waals surface area contributed by atoms with E-state index in [1.54, 1.807) is 26.1 Å². The van der Waals surface area contributed by atoms with Crippen LogP contribution >= 0.6 is 0 Å². The Morgan fingerprint density at radius 3 is 2.13 bits per heavy atom. The number of benzene rings is 2. The minimum Gasteiger partial charge on any atom is -0.466 e. The lowest BCUT2D eigenvalue weighted by molar-refractivity contribution is -0.143. The van der Waals surface area contributed by atoms with E-state index in [4.69, 9.17) is 4.74 Å². The molecule has 1 aliphatic heterocycles. The minimum atomic E-state index is -1.13. The summed E-state index contributed by atoms with van der Waals surface area (Å²) in [4.78, 5) is 42.9. The molecule has 2 atom stereocenters. The van der Waals surface area contributed by atoms with Crippen molar-refractivity contribution in [2.24, 2.45) is 5.92 Å². The maximum atomic E-state index is 16.7. The van der Waals surface area contributed by atoms with Crippen LogP contribution in [0.3, 0.4) is 0 Å². The summed E-state index contributed by atoms with van der Waals surface area (Å²) in [5.74, 6) is -3.64. The van der Waals surface area contributed by atoms with E-state index < -0.39 is 29.6 Å². The first-order chi connectivity index (χ1) is 22.2. The predicted octanol–water partition coefficient (Wildman–Crippen LogP) is 7.87. The van der Waals surface area contributed by atoms with E-state index in [1.165, 1.54) is 17.1 Å². The zero-order valence-electron chi connectivity index (χ0n) is 29.3. The van der Waals surface area contributed by atoms with Crippen LogP contribution in [0.4, 0.5) is 8.78 Å². The Hall–Kier alpha value is -3.65. The zero-order valence-corrected chi connectivity index (χ0v) is 29.3. The van der Waals surface area contributed by atoms with Crippen molar-refractivity contribution < 1.29 is 23.1 Å². The topological polar surface area (TPSA) is 68.6 Å². The molecular formula is C39H50F2N2O4. The SMILES string of the molecule is CCOC(=O)C[C@H](CC(=O)C(CC(C)C)n1cc(CCN2CCC2)c(C)cc1=O)c1c(F)c(C)cc(-c2c(C)cc(C)cc2C)c1F. The van der Waals surface area contributed by atoms with Gasteiger partial charge in [0.25, 0.3) is 5.56 Å².